The van der Waals surface area contributed by atoms with Crippen LogP contribution < -0.4 is 15.2 Å². The van der Waals surface area contributed by atoms with Crippen LogP contribution in [-0.4, -0.2) is 21.4 Å². The van der Waals surface area contributed by atoms with Gasteiger partial charge >= 0.3 is 0 Å². The van der Waals surface area contributed by atoms with E-state index in [1.165, 1.54) is 25.2 Å². The van der Waals surface area contributed by atoms with E-state index in [1.807, 2.05) is 4.72 Å². The second-order valence-electron chi connectivity index (χ2n) is 2.92. The molecule has 0 aliphatic heterocycles. The van der Waals surface area contributed by atoms with E-state index < -0.39 is 16.1 Å². The lowest BCUT2D eigenvalue weighted by Crippen LogP contribution is -2.22. The van der Waals surface area contributed by atoms with Crippen LogP contribution in [0.5, 0.6) is 0 Å². The largest absolute Gasteiger partial charge is 0.355 e. The van der Waals surface area contributed by atoms with Crippen LogP contribution in [0.25, 0.3) is 0 Å². The molecule has 0 saturated carbocycles. The SMILES string of the molecule is CNC(=O)c1cc(NS(N)(=O)=O)ccc1Cl. The van der Waals surface area contributed by atoms with Crippen molar-refractivity contribution in [3.05, 3.63) is 28.8 Å². The number of carbonyl (C=O) groups is 1. The molecule has 0 atom stereocenters. The van der Waals surface area contributed by atoms with Crippen molar-refractivity contribution in [2.45, 2.75) is 0 Å². The molecule has 0 unspecified atom stereocenters. The van der Waals surface area contributed by atoms with Crippen molar-refractivity contribution in [1.29, 1.82) is 0 Å². The Morgan fingerprint density at radius 1 is 1.44 bits per heavy atom. The molecule has 0 fully saturated rings. The molecule has 16 heavy (non-hydrogen) atoms. The van der Waals surface area contributed by atoms with E-state index >= 15 is 0 Å². The zero-order valence-corrected chi connectivity index (χ0v) is 9.89. The number of rotatable bonds is 3. The van der Waals surface area contributed by atoms with E-state index in [0.717, 1.165) is 0 Å². The van der Waals surface area contributed by atoms with Gasteiger partial charge in [-0.3, -0.25) is 9.52 Å². The van der Waals surface area contributed by atoms with E-state index in [-0.39, 0.29) is 16.3 Å². The van der Waals surface area contributed by atoms with Crippen molar-refractivity contribution in [1.82, 2.24) is 5.32 Å². The minimum Gasteiger partial charge on any atom is -0.355 e. The first-order chi connectivity index (χ1) is 7.33. The van der Waals surface area contributed by atoms with Crippen LogP contribution in [0, 0.1) is 0 Å². The lowest BCUT2D eigenvalue weighted by Gasteiger charge is -2.07. The number of hydrogen-bond donors (Lipinski definition) is 3. The van der Waals surface area contributed by atoms with Gasteiger partial charge < -0.3 is 5.32 Å². The molecule has 6 nitrogen and oxygen atoms in total. The second-order valence-corrected chi connectivity index (χ2v) is 4.62. The second kappa shape index (κ2) is 4.69. The number of hydrogen-bond acceptors (Lipinski definition) is 3. The highest BCUT2D eigenvalue weighted by molar-refractivity contribution is 7.90. The summed E-state index contributed by atoms with van der Waals surface area (Å²) < 4.78 is 23.6. The number of nitrogens with two attached hydrogens (primary N) is 1. The zero-order valence-electron chi connectivity index (χ0n) is 8.32. The highest BCUT2D eigenvalue weighted by atomic mass is 35.5. The van der Waals surface area contributed by atoms with Gasteiger partial charge in [0, 0.05) is 7.05 Å². The number of anilines is 1. The predicted octanol–water partition coefficient (Wildman–Crippen LogP) is 0.315. The molecule has 0 saturated heterocycles. The number of carbonyl (C=O) groups excluding carboxylic acids is 1. The predicted molar refractivity (Wildman–Crippen MR) is 61.6 cm³/mol. The van der Waals surface area contributed by atoms with Crippen LogP contribution >= 0.6 is 11.6 Å². The molecule has 0 heterocycles. The quantitative estimate of drug-likeness (QED) is 0.732. The van der Waals surface area contributed by atoms with Crippen LogP contribution in [0.3, 0.4) is 0 Å². The van der Waals surface area contributed by atoms with Gasteiger partial charge in [0.05, 0.1) is 16.3 Å². The fourth-order valence-corrected chi connectivity index (χ4v) is 1.72. The van der Waals surface area contributed by atoms with Crippen molar-refractivity contribution in [3.8, 4) is 0 Å². The summed E-state index contributed by atoms with van der Waals surface area (Å²) in [5.41, 5.74) is 0.336. The minimum atomic E-state index is -3.86. The van der Waals surface area contributed by atoms with E-state index in [2.05, 4.69) is 5.32 Å². The van der Waals surface area contributed by atoms with Gasteiger partial charge in [0.25, 0.3) is 16.1 Å². The van der Waals surface area contributed by atoms with Crippen LogP contribution in [0.15, 0.2) is 18.2 Å². The molecule has 88 valence electrons. The van der Waals surface area contributed by atoms with Crippen molar-refractivity contribution in [3.63, 3.8) is 0 Å². The number of nitrogens with one attached hydrogen (secondary N) is 2. The number of halogens is 1. The Morgan fingerprint density at radius 2 is 2.06 bits per heavy atom. The molecule has 8 heteroatoms. The van der Waals surface area contributed by atoms with Gasteiger partial charge in [-0.2, -0.15) is 8.42 Å². The lowest BCUT2D eigenvalue weighted by molar-refractivity contribution is 0.0963. The monoisotopic (exact) mass is 263 g/mol. The van der Waals surface area contributed by atoms with Crippen LogP contribution in [-0.2, 0) is 10.2 Å². The maximum absolute atomic E-state index is 11.3. The lowest BCUT2D eigenvalue weighted by atomic mass is 10.2. The summed E-state index contributed by atoms with van der Waals surface area (Å²) in [5.74, 6) is -0.414. The van der Waals surface area contributed by atoms with Crippen molar-refractivity contribution >= 4 is 33.4 Å². The summed E-state index contributed by atoms with van der Waals surface area (Å²) in [5, 5.41) is 7.39. The Labute approximate surface area is 98.0 Å². The maximum atomic E-state index is 11.3. The van der Waals surface area contributed by atoms with Crippen LogP contribution in [0.4, 0.5) is 5.69 Å². The third-order valence-electron chi connectivity index (χ3n) is 1.70. The highest BCUT2D eigenvalue weighted by Crippen LogP contribution is 2.20. The Balaban J connectivity index is 3.12. The standard InChI is InChI=1S/C8H10ClN3O3S/c1-11-8(13)6-4-5(2-3-7(6)9)12-16(10,14)15/h2-4,12H,1H3,(H,11,13)(H2,10,14,15). The minimum absolute atomic E-state index is 0.165. The van der Waals surface area contributed by atoms with Gasteiger partial charge in [0.1, 0.15) is 0 Å². The summed E-state index contributed by atoms with van der Waals surface area (Å²) in [6.45, 7) is 0. The van der Waals surface area contributed by atoms with Gasteiger partial charge in [-0.1, -0.05) is 11.6 Å². The molecule has 0 aromatic heterocycles. The average molecular weight is 264 g/mol. The smallest absolute Gasteiger partial charge is 0.296 e. The first-order valence-corrected chi connectivity index (χ1v) is 6.08. The van der Waals surface area contributed by atoms with Crippen molar-refractivity contribution in [2.75, 3.05) is 11.8 Å². The summed E-state index contributed by atoms with van der Waals surface area (Å²) in [4.78, 5) is 11.3. The molecular formula is C8H10ClN3O3S. The van der Waals surface area contributed by atoms with Gasteiger partial charge in [-0.25, -0.2) is 5.14 Å². The summed E-state index contributed by atoms with van der Waals surface area (Å²) in [6.07, 6.45) is 0. The first-order valence-electron chi connectivity index (χ1n) is 4.15. The zero-order chi connectivity index (χ0) is 12.3. The summed E-state index contributed by atoms with van der Waals surface area (Å²) >= 11 is 5.77. The van der Waals surface area contributed by atoms with Gasteiger partial charge in [0.2, 0.25) is 0 Å². The number of amides is 1. The summed E-state index contributed by atoms with van der Waals surface area (Å²) in [7, 11) is -2.42. The fourth-order valence-electron chi connectivity index (χ4n) is 1.06. The van der Waals surface area contributed by atoms with E-state index in [1.54, 1.807) is 0 Å². The highest BCUT2D eigenvalue weighted by Gasteiger charge is 2.11. The third-order valence-corrected chi connectivity index (χ3v) is 2.55. The molecular weight excluding hydrogens is 254 g/mol. The Hall–Kier alpha value is -1.31. The molecule has 1 rings (SSSR count). The number of benzene rings is 1. The Bertz CT molecular complexity index is 515. The molecule has 0 radical (unpaired) electrons. The van der Waals surface area contributed by atoms with Crippen molar-refractivity contribution in [2.24, 2.45) is 5.14 Å². The molecule has 0 spiro atoms. The average Bonchev–Trinajstić information content (AvgIpc) is 2.18. The van der Waals surface area contributed by atoms with Gasteiger partial charge in [-0.15, -0.1) is 0 Å². The normalized spacial score (nSPS) is 10.9. The van der Waals surface area contributed by atoms with Crippen molar-refractivity contribution < 1.29 is 13.2 Å². The molecule has 1 amide bonds. The van der Waals surface area contributed by atoms with E-state index in [0.29, 0.717) is 0 Å². The maximum Gasteiger partial charge on any atom is 0.296 e. The van der Waals surface area contributed by atoms with E-state index in [9.17, 15) is 13.2 Å². The van der Waals surface area contributed by atoms with E-state index in [4.69, 9.17) is 16.7 Å². The molecule has 1 aromatic carbocycles. The van der Waals surface area contributed by atoms with Gasteiger partial charge in [0.15, 0.2) is 0 Å². The molecule has 0 aliphatic rings. The first kappa shape index (κ1) is 12.8. The fraction of sp³-hybridized carbons (Fsp3) is 0.125. The molecule has 1 aromatic rings. The summed E-state index contributed by atoms with van der Waals surface area (Å²) in [6, 6.07) is 4.10. The van der Waals surface area contributed by atoms with Crippen LogP contribution in [0.1, 0.15) is 10.4 Å². The molecule has 4 N–H and O–H groups in total. The van der Waals surface area contributed by atoms with Crippen LogP contribution in [0.2, 0.25) is 5.02 Å². The van der Waals surface area contributed by atoms with Gasteiger partial charge in [-0.05, 0) is 18.2 Å². The molecule has 0 bridgehead atoms. The third kappa shape index (κ3) is 3.37. The Kier molecular flexibility index (Phi) is 3.74. The Morgan fingerprint density at radius 3 is 2.56 bits per heavy atom. The molecule has 0 aliphatic carbocycles. The topological polar surface area (TPSA) is 101 Å².